The van der Waals surface area contributed by atoms with Gasteiger partial charge in [-0.1, -0.05) is 42.1 Å². The summed E-state index contributed by atoms with van der Waals surface area (Å²) < 4.78 is 19.5. The molecule has 0 unspecified atom stereocenters. The number of carbonyl (C=O) groups is 2. The van der Waals surface area contributed by atoms with E-state index in [1.807, 2.05) is 0 Å². The minimum Gasteiger partial charge on any atom is -0.494 e. The molecule has 11 nitrogen and oxygen atoms in total. The normalized spacial score (nSPS) is 16.9. The van der Waals surface area contributed by atoms with Gasteiger partial charge in [0, 0.05) is 12.0 Å². The zero-order valence-corrected chi connectivity index (χ0v) is 20.2. The Morgan fingerprint density at radius 1 is 1.16 bits per heavy atom. The predicted molar refractivity (Wildman–Crippen MR) is 135 cm³/mol. The maximum absolute atomic E-state index is 13.8. The average Bonchev–Trinajstić information content (AvgIpc) is 3.18. The summed E-state index contributed by atoms with van der Waals surface area (Å²) in [4.78, 5) is 58.0. The molecule has 192 valence electrons. The molecule has 2 amide bonds. The van der Waals surface area contributed by atoms with Gasteiger partial charge < -0.3 is 20.5 Å². The summed E-state index contributed by atoms with van der Waals surface area (Å²) in [7, 11) is 0. The van der Waals surface area contributed by atoms with E-state index in [4.69, 9.17) is 4.74 Å². The van der Waals surface area contributed by atoms with Crippen molar-refractivity contribution in [3.8, 4) is 11.6 Å². The summed E-state index contributed by atoms with van der Waals surface area (Å²) in [6.45, 7) is 2.07. The fourth-order valence-electron chi connectivity index (χ4n) is 3.67. The molecule has 0 bridgehead atoms. The highest BCUT2D eigenvalue weighted by Gasteiger charge is 2.34. The van der Waals surface area contributed by atoms with Crippen LogP contribution in [0.4, 0.5) is 10.1 Å². The SMILES string of the molecule is CCOc1ccccc1[C@H](N=C1NC(=O)[C@H](CC(=O)Nc2ccccc2F)S1)c1c(O)[nH]c(=O)[nH]c1=O. The van der Waals surface area contributed by atoms with Crippen LogP contribution in [0.5, 0.6) is 11.6 Å². The molecule has 0 radical (unpaired) electrons. The minimum absolute atomic E-state index is 0.00911. The van der Waals surface area contributed by atoms with E-state index < -0.39 is 46.1 Å². The van der Waals surface area contributed by atoms with E-state index in [1.54, 1.807) is 37.3 Å². The smallest absolute Gasteiger partial charge is 0.328 e. The largest absolute Gasteiger partial charge is 0.494 e. The van der Waals surface area contributed by atoms with Crippen molar-refractivity contribution in [1.29, 1.82) is 0 Å². The number of hydrogen-bond donors (Lipinski definition) is 5. The highest BCUT2D eigenvalue weighted by atomic mass is 32.2. The van der Waals surface area contributed by atoms with Gasteiger partial charge in [0.1, 0.15) is 28.4 Å². The Morgan fingerprint density at radius 3 is 2.62 bits per heavy atom. The van der Waals surface area contributed by atoms with Crippen molar-refractivity contribution < 1.29 is 23.8 Å². The molecule has 0 saturated carbocycles. The molecule has 4 rings (SSSR count). The number of amidine groups is 1. The van der Waals surface area contributed by atoms with Crippen LogP contribution in [-0.2, 0) is 9.59 Å². The number of nitrogens with zero attached hydrogens (tertiary/aromatic N) is 1. The van der Waals surface area contributed by atoms with Gasteiger partial charge in [0.15, 0.2) is 5.17 Å². The third-order valence-electron chi connectivity index (χ3n) is 5.29. The van der Waals surface area contributed by atoms with Crippen LogP contribution in [0.2, 0.25) is 0 Å². The van der Waals surface area contributed by atoms with Crippen molar-refractivity contribution >= 4 is 34.4 Å². The number of benzene rings is 2. The zero-order chi connectivity index (χ0) is 26.5. The lowest BCUT2D eigenvalue weighted by Gasteiger charge is -2.18. The molecule has 0 aliphatic carbocycles. The molecule has 5 N–H and O–H groups in total. The van der Waals surface area contributed by atoms with Crippen molar-refractivity contribution in [2.24, 2.45) is 4.99 Å². The number of aromatic hydroxyl groups is 1. The van der Waals surface area contributed by atoms with Gasteiger partial charge >= 0.3 is 5.69 Å². The summed E-state index contributed by atoms with van der Waals surface area (Å²) in [6, 6.07) is 11.1. The van der Waals surface area contributed by atoms with Crippen LogP contribution in [0.3, 0.4) is 0 Å². The maximum Gasteiger partial charge on any atom is 0.328 e. The Labute approximate surface area is 213 Å². The van der Waals surface area contributed by atoms with Gasteiger partial charge in [0.05, 0.1) is 12.3 Å². The lowest BCUT2D eigenvalue weighted by Crippen LogP contribution is -2.29. The van der Waals surface area contributed by atoms with Gasteiger partial charge in [0.25, 0.3) is 5.56 Å². The van der Waals surface area contributed by atoms with Crippen LogP contribution < -0.4 is 26.6 Å². The number of rotatable bonds is 8. The van der Waals surface area contributed by atoms with E-state index in [0.717, 1.165) is 11.8 Å². The molecule has 1 saturated heterocycles. The average molecular weight is 528 g/mol. The first-order chi connectivity index (χ1) is 17.8. The molecule has 2 atom stereocenters. The summed E-state index contributed by atoms with van der Waals surface area (Å²) in [5, 5.41) is 14.6. The number of hydrogen-bond acceptors (Lipinski definition) is 8. The van der Waals surface area contributed by atoms with E-state index in [1.165, 1.54) is 18.2 Å². The second-order valence-corrected chi connectivity index (χ2v) is 9.00. The van der Waals surface area contributed by atoms with Gasteiger partial charge in [-0.25, -0.2) is 14.2 Å². The second-order valence-electron chi connectivity index (χ2n) is 7.81. The van der Waals surface area contributed by atoms with Gasteiger partial charge in [-0.2, -0.15) is 0 Å². The molecule has 2 aromatic carbocycles. The number of thioether (sulfide) groups is 1. The van der Waals surface area contributed by atoms with Crippen molar-refractivity contribution in [2.75, 3.05) is 11.9 Å². The fraction of sp³-hybridized carbons (Fsp3) is 0.208. The van der Waals surface area contributed by atoms with Gasteiger partial charge in [-0.3, -0.25) is 24.4 Å². The summed E-state index contributed by atoms with van der Waals surface area (Å²) in [6.07, 6.45) is -0.269. The van der Waals surface area contributed by atoms with Crippen molar-refractivity contribution in [2.45, 2.75) is 24.6 Å². The Hall–Kier alpha value is -4.39. The van der Waals surface area contributed by atoms with E-state index >= 15 is 0 Å². The summed E-state index contributed by atoms with van der Waals surface area (Å²) in [5.41, 5.74) is -1.67. The number of carbonyl (C=O) groups excluding carboxylic acids is 2. The fourth-order valence-corrected chi connectivity index (χ4v) is 4.67. The van der Waals surface area contributed by atoms with E-state index in [2.05, 4.69) is 25.6 Å². The molecule has 1 aromatic heterocycles. The van der Waals surface area contributed by atoms with E-state index in [0.29, 0.717) is 17.9 Å². The number of para-hydroxylation sites is 2. The first kappa shape index (κ1) is 25.7. The molecule has 2 heterocycles. The number of aromatic nitrogens is 2. The third kappa shape index (κ3) is 5.89. The third-order valence-corrected chi connectivity index (χ3v) is 6.38. The van der Waals surface area contributed by atoms with E-state index in [9.17, 15) is 28.7 Å². The van der Waals surface area contributed by atoms with Crippen molar-refractivity contribution in [3.05, 3.63) is 86.3 Å². The van der Waals surface area contributed by atoms with Crippen molar-refractivity contribution in [1.82, 2.24) is 15.3 Å². The molecule has 1 aliphatic rings. The van der Waals surface area contributed by atoms with Gasteiger partial charge in [0.2, 0.25) is 17.7 Å². The van der Waals surface area contributed by atoms with Gasteiger partial charge in [-0.05, 0) is 25.1 Å². The number of aromatic amines is 2. The van der Waals surface area contributed by atoms with Crippen LogP contribution in [0.25, 0.3) is 0 Å². The second kappa shape index (κ2) is 11.1. The Bertz CT molecular complexity index is 1490. The van der Waals surface area contributed by atoms with Crippen LogP contribution in [0, 0.1) is 5.82 Å². The predicted octanol–water partition coefficient (Wildman–Crippen LogP) is 2.01. The number of aliphatic imine (C=N–C) groups is 1. The molecule has 13 heteroatoms. The number of ether oxygens (including phenoxy) is 1. The quantitative estimate of drug-likeness (QED) is 0.299. The van der Waals surface area contributed by atoms with Crippen LogP contribution >= 0.6 is 11.8 Å². The molecule has 1 fully saturated rings. The Morgan fingerprint density at radius 2 is 1.89 bits per heavy atom. The highest BCUT2D eigenvalue weighted by molar-refractivity contribution is 8.15. The summed E-state index contributed by atoms with van der Waals surface area (Å²) in [5.74, 6) is -2.01. The lowest BCUT2D eigenvalue weighted by atomic mass is 10.00. The van der Waals surface area contributed by atoms with Crippen LogP contribution in [0.1, 0.15) is 30.5 Å². The Balaban J connectivity index is 1.64. The van der Waals surface area contributed by atoms with Crippen LogP contribution in [-0.4, -0.2) is 43.9 Å². The molecular weight excluding hydrogens is 505 g/mol. The zero-order valence-electron chi connectivity index (χ0n) is 19.4. The van der Waals surface area contributed by atoms with Crippen LogP contribution in [0.15, 0.2) is 63.1 Å². The van der Waals surface area contributed by atoms with Crippen molar-refractivity contribution in [3.63, 3.8) is 0 Å². The minimum atomic E-state index is -1.18. The Kier molecular flexibility index (Phi) is 7.72. The molecule has 0 spiro atoms. The lowest BCUT2D eigenvalue weighted by molar-refractivity contribution is -0.122. The molecule has 3 aromatic rings. The number of halogens is 1. The molecule has 37 heavy (non-hydrogen) atoms. The standard InChI is InChI=1S/C24H22FN5O6S/c1-2-36-15-10-6-3-7-12(15)19(18-21(33)28-23(35)29-22(18)34)27-24-30-20(32)16(37-24)11-17(31)26-14-9-5-4-8-13(14)25/h3-10,16,19H,2,11H2,1H3,(H,26,31)(H,27,30,32)(H3,28,29,33,34,35)/t16-,19-/m0/s1. The topological polar surface area (TPSA) is 166 Å². The highest BCUT2D eigenvalue weighted by Crippen LogP contribution is 2.36. The monoisotopic (exact) mass is 527 g/mol. The summed E-state index contributed by atoms with van der Waals surface area (Å²) >= 11 is 0.942. The first-order valence-corrected chi connectivity index (χ1v) is 12.0. The maximum atomic E-state index is 13.8. The van der Waals surface area contributed by atoms with E-state index in [-0.39, 0.29) is 22.8 Å². The number of amides is 2. The number of nitrogens with one attached hydrogen (secondary N) is 4. The van der Waals surface area contributed by atoms with Gasteiger partial charge in [-0.15, -0.1) is 0 Å². The number of H-pyrrole nitrogens is 2. The first-order valence-electron chi connectivity index (χ1n) is 11.1. The number of anilines is 1. The molecule has 1 aliphatic heterocycles. The molecular formula is C24H22FN5O6S.